The number of hydrogen-bond acceptors (Lipinski definition) is 3. The lowest BCUT2D eigenvalue weighted by molar-refractivity contribution is -0.135. The number of rotatable bonds is 5. The number of piperidine rings is 1. The van der Waals surface area contributed by atoms with Gasteiger partial charge in [0.15, 0.2) is 17.5 Å². The summed E-state index contributed by atoms with van der Waals surface area (Å²) in [4.78, 5) is 25.9. The van der Waals surface area contributed by atoms with Crippen molar-refractivity contribution in [1.29, 1.82) is 0 Å². The van der Waals surface area contributed by atoms with E-state index in [9.17, 15) is 27.2 Å². The van der Waals surface area contributed by atoms with E-state index >= 15 is 0 Å². The minimum Gasteiger partial charge on any atom is -0.420 e. The Labute approximate surface area is 168 Å². The lowest BCUT2D eigenvalue weighted by Crippen LogP contribution is -2.41. The molecule has 0 N–H and O–H groups in total. The van der Waals surface area contributed by atoms with Crippen LogP contribution in [0.4, 0.5) is 17.6 Å². The third kappa shape index (κ3) is 5.48. The standard InChI is InChI=1S/C21H27F4NO3/c1-12-16(22)18(24)19(25)20(17(12)23)29-15(28)7-5-6-14(27)26-10-8-13(9-11-26)21(2,3)4/h13H,5-11H2,1-4H3. The van der Waals surface area contributed by atoms with Crippen LogP contribution in [-0.4, -0.2) is 29.9 Å². The molecule has 1 aromatic rings. The summed E-state index contributed by atoms with van der Waals surface area (Å²) >= 11 is 0. The summed E-state index contributed by atoms with van der Waals surface area (Å²) in [7, 11) is 0. The number of amides is 1. The number of carbonyl (C=O) groups excluding carboxylic acids is 2. The maximum atomic E-state index is 13.9. The number of hydrogen-bond donors (Lipinski definition) is 0. The molecule has 0 aliphatic carbocycles. The van der Waals surface area contributed by atoms with Gasteiger partial charge in [-0.25, -0.2) is 13.2 Å². The highest BCUT2D eigenvalue weighted by Gasteiger charge is 2.30. The number of carbonyl (C=O) groups is 2. The summed E-state index contributed by atoms with van der Waals surface area (Å²) in [5.41, 5.74) is -0.581. The normalized spacial score (nSPS) is 15.5. The zero-order chi connectivity index (χ0) is 21.9. The summed E-state index contributed by atoms with van der Waals surface area (Å²) in [5.74, 6) is -8.75. The molecule has 1 aliphatic heterocycles. The molecule has 0 atom stereocenters. The van der Waals surface area contributed by atoms with Gasteiger partial charge in [0.1, 0.15) is 0 Å². The molecule has 0 bridgehead atoms. The number of benzene rings is 1. The van der Waals surface area contributed by atoms with E-state index in [1.54, 1.807) is 4.90 Å². The summed E-state index contributed by atoms with van der Waals surface area (Å²) in [6.07, 6.45) is 1.79. The largest absolute Gasteiger partial charge is 0.420 e. The van der Waals surface area contributed by atoms with Crippen LogP contribution < -0.4 is 4.74 Å². The summed E-state index contributed by atoms with van der Waals surface area (Å²) < 4.78 is 58.8. The Morgan fingerprint density at radius 3 is 2.10 bits per heavy atom. The Hall–Kier alpha value is -2.12. The van der Waals surface area contributed by atoms with Gasteiger partial charge in [0.05, 0.1) is 0 Å². The van der Waals surface area contributed by atoms with Gasteiger partial charge in [-0.15, -0.1) is 0 Å². The van der Waals surface area contributed by atoms with Crippen molar-refractivity contribution in [3.8, 4) is 5.75 Å². The predicted octanol–water partition coefficient (Wildman–Crippen LogP) is 4.91. The zero-order valence-corrected chi connectivity index (χ0v) is 17.2. The van der Waals surface area contributed by atoms with Gasteiger partial charge >= 0.3 is 5.97 Å². The highest BCUT2D eigenvalue weighted by atomic mass is 19.2. The van der Waals surface area contributed by atoms with Gasteiger partial charge in [-0.2, -0.15) is 4.39 Å². The Morgan fingerprint density at radius 2 is 1.55 bits per heavy atom. The smallest absolute Gasteiger partial charge is 0.311 e. The van der Waals surface area contributed by atoms with Gasteiger partial charge in [0.25, 0.3) is 0 Å². The van der Waals surface area contributed by atoms with E-state index in [0.717, 1.165) is 19.8 Å². The molecule has 1 aromatic carbocycles. The topological polar surface area (TPSA) is 46.6 Å². The molecule has 0 aromatic heterocycles. The maximum absolute atomic E-state index is 13.9. The molecule has 29 heavy (non-hydrogen) atoms. The van der Waals surface area contributed by atoms with Crippen molar-refractivity contribution in [2.24, 2.45) is 11.3 Å². The Morgan fingerprint density at radius 1 is 0.966 bits per heavy atom. The molecule has 1 fully saturated rings. The summed E-state index contributed by atoms with van der Waals surface area (Å²) in [5, 5.41) is 0. The van der Waals surface area contributed by atoms with E-state index in [1.165, 1.54) is 0 Å². The Bertz CT molecular complexity index is 752. The first-order chi connectivity index (χ1) is 13.4. The maximum Gasteiger partial charge on any atom is 0.311 e. The molecule has 1 saturated heterocycles. The first-order valence-corrected chi connectivity index (χ1v) is 9.74. The summed E-state index contributed by atoms with van der Waals surface area (Å²) in [6, 6.07) is 0. The van der Waals surface area contributed by atoms with E-state index in [1.807, 2.05) is 0 Å². The van der Waals surface area contributed by atoms with Crippen molar-refractivity contribution in [1.82, 2.24) is 4.90 Å². The molecule has 162 valence electrons. The van der Waals surface area contributed by atoms with Crippen LogP contribution in [0.25, 0.3) is 0 Å². The fraction of sp³-hybridized carbons (Fsp3) is 0.619. The fourth-order valence-corrected chi connectivity index (χ4v) is 3.52. The second-order valence-electron chi connectivity index (χ2n) is 8.56. The van der Waals surface area contributed by atoms with Crippen LogP contribution in [0.3, 0.4) is 0 Å². The highest BCUT2D eigenvalue weighted by molar-refractivity contribution is 5.77. The molecule has 0 unspecified atom stereocenters. The van der Waals surface area contributed by atoms with Gasteiger partial charge < -0.3 is 9.64 Å². The predicted molar refractivity (Wildman–Crippen MR) is 99.3 cm³/mol. The molecule has 1 heterocycles. The number of nitrogens with zero attached hydrogens (tertiary/aromatic N) is 1. The van der Waals surface area contributed by atoms with Crippen LogP contribution in [-0.2, 0) is 9.59 Å². The van der Waals surface area contributed by atoms with Crippen LogP contribution in [0.2, 0.25) is 0 Å². The Kier molecular flexibility index (Phi) is 7.30. The molecule has 8 heteroatoms. The molecular weight excluding hydrogens is 390 g/mol. The van der Waals surface area contributed by atoms with Gasteiger partial charge in [-0.3, -0.25) is 9.59 Å². The molecule has 0 radical (unpaired) electrons. The van der Waals surface area contributed by atoms with Crippen LogP contribution in [0.1, 0.15) is 58.4 Å². The van der Waals surface area contributed by atoms with Crippen molar-refractivity contribution in [3.63, 3.8) is 0 Å². The minimum absolute atomic E-state index is 0.0915. The monoisotopic (exact) mass is 417 g/mol. The molecular formula is C21H27F4NO3. The van der Waals surface area contributed by atoms with E-state index in [2.05, 4.69) is 25.5 Å². The van der Waals surface area contributed by atoms with Gasteiger partial charge in [0, 0.05) is 31.5 Å². The zero-order valence-electron chi connectivity index (χ0n) is 17.2. The molecule has 1 aliphatic rings. The lowest BCUT2D eigenvalue weighted by Gasteiger charge is -2.38. The average molecular weight is 417 g/mol. The second kappa shape index (κ2) is 9.13. The third-order valence-corrected chi connectivity index (χ3v) is 5.50. The summed E-state index contributed by atoms with van der Waals surface area (Å²) in [6.45, 7) is 8.78. The van der Waals surface area contributed by atoms with E-state index < -0.39 is 40.6 Å². The van der Waals surface area contributed by atoms with E-state index in [4.69, 9.17) is 0 Å². The molecule has 0 saturated carbocycles. The van der Waals surface area contributed by atoms with Crippen molar-refractivity contribution in [2.45, 2.75) is 59.8 Å². The third-order valence-electron chi connectivity index (χ3n) is 5.50. The molecule has 2 rings (SSSR count). The fourth-order valence-electron chi connectivity index (χ4n) is 3.52. The number of esters is 1. The first-order valence-electron chi connectivity index (χ1n) is 9.74. The minimum atomic E-state index is -1.90. The SMILES string of the molecule is Cc1c(F)c(F)c(F)c(OC(=O)CCCC(=O)N2CCC(C(C)(C)C)CC2)c1F. The number of ether oxygens (including phenoxy) is 1. The molecule has 4 nitrogen and oxygen atoms in total. The Balaban J connectivity index is 1.83. The average Bonchev–Trinajstić information content (AvgIpc) is 2.67. The molecule has 1 amide bonds. The van der Waals surface area contributed by atoms with Gasteiger partial charge in [-0.05, 0) is 37.5 Å². The molecule has 0 spiro atoms. The van der Waals surface area contributed by atoms with Crippen LogP contribution in [0.5, 0.6) is 5.75 Å². The van der Waals surface area contributed by atoms with Crippen molar-refractivity contribution in [3.05, 3.63) is 28.8 Å². The quantitative estimate of drug-likeness (QED) is 0.225. The van der Waals surface area contributed by atoms with Crippen LogP contribution >= 0.6 is 0 Å². The van der Waals surface area contributed by atoms with E-state index in [-0.39, 0.29) is 30.6 Å². The van der Waals surface area contributed by atoms with E-state index in [0.29, 0.717) is 19.0 Å². The van der Waals surface area contributed by atoms with Gasteiger partial charge in [-0.1, -0.05) is 20.8 Å². The van der Waals surface area contributed by atoms with Crippen molar-refractivity contribution in [2.75, 3.05) is 13.1 Å². The van der Waals surface area contributed by atoms with Gasteiger partial charge in [0.2, 0.25) is 17.5 Å². The number of halogens is 4. The van der Waals surface area contributed by atoms with Crippen LogP contribution in [0.15, 0.2) is 0 Å². The number of likely N-dealkylation sites (tertiary alicyclic amines) is 1. The van der Waals surface area contributed by atoms with Crippen molar-refractivity contribution < 1.29 is 31.9 Å². The highest BCUT2D eigenvalue weighted by Crippen LogP contribution is 2.34. The van der Waals surface area contributed by atoms with Crippen LogP contribution in [0, 0.1) is 41.5 Å². The second-order valence-corrected chi connectivity index (χ2v) is 8.56. The first kappa shape index (κ1) is 23.2. The van der Waals surface area contributed by atoms with Crippen molar-refractivity contribution >= 4 is 11.9 Å². The lowest BCUT2D eigenvalue weighted by atomic mass is 9.75.